The van der Waals surface area contributed by atoms with E-state index in [1.807, 2.05) is 0 Å². The van der Waals surface area contributed by atoms with Gasteiger partial charge in [0.2, 0.25) is 0 Å². The van der Waals surface area contributed by atoms with Gasteiger partial charge in [0.15, 0.2) is 5.82 Å². The SMILES string of the molecule is CCN(CC)CCCNc1nn(CCC(C)N(C)C)c2ccccc12. The second-order valence-corrected chi connectivity index (χ2v) is 7.00. The maximum atomic E-state index is 4.85. The zero-order valence-corrected chi connectivity index (χ0v) is 16.6. The lowest BCUT2D eigenvalue weighted by molar-refractivity contribution is 0.286. The predicted octanol–water partition coefficient (Wildman–Crippen LogP) is 3.52. The van der Waals surface area contributed by atoms with Crippen LogP contribution in [0.15, 0.2) is 24.3 Å². The molecule has 1 unspecified atom stereocenters. The Bertz CT molecular complexity index is 630. The van der Waals surface area contributed by atoms with E-state index in [-0.39, 0.29) is 0 Å². The second-order valence-electron chi connectivity index (χ2n) is 7.00. The molecule has 25 heavy (non-hydrogen) atoms. The van der Waals surface area contributed by atoms with Crippen molar-refractivity contribution in [3.8, 4) is 0 Å². The van der Waals surface area contributed by atoms with Crippen molar-refractivity contribution in [3.63, 3.8) is 0 Å². The molecule has 1 atom stereocenters. The van der Waals surface area contributed by atoms with Crippen LogP contribution in [-0.2, 0) is 6.54 Å². The van der Waals surface area contributed by atoms with Crippen LogP contribution in [0, 0.1) is 0 Å². The third-order valence-electron chi connectivity index (χ3n) is 5.14. The molecule has 1 aromatic carbocycles. The standard InChI is InChI=1S/C20H35N5/c1-6-24(7-2)15-10-14-21-20-18-11-8-9-12-19(18)25(22-20)16-13-17(3)23(4)5/h8-9,11-12,17H,6-7,10,13-16H2,1-5H3,(H,21,22). The number of para-hydroxylation sites is 1. The Morgan fingerprint density at radius 1 is 1.16 bits per heavy atom. The Morgan fingerprint density at radius 2 is 1.88 bits per heavy atom. The van der Waals surface area contributed by atoms with Gasteiger partial charge >= 0.3 is 0 Å². The van der Waals surface area contributed by atoms with E-state index in [4.69, 9.17) is 5.10 Å². The number of hydrogen-bond acceptors (Lipinski definition) is 4. The van der Waals surface area contributed by atoms with Gasteiger partial charge in [0.25, 0.3) is 0 Å². The average Bonchev–Trinajstić information content (AvgIpc) is 2.98. The van der Waals surface area contributed by atoms with E-state index in [2.05, 4.69) is 78.9 Å². The van der Waals surface area contributed by atoms with Gasteiger partial charge in [-0.25, -0.2) is 0 Å². The van der Waals surface area contributed by atoms with Crippen LogP contribution in [0.25, 0.3) is 10.9 Å². The number of benzene rings is 1. The van der Waals surface area contributed by atoms with Crippen molar-refractivity contribution in [2.45, 2.75) is 46.2 Å². The number of nitrogens with zero attached hydrogens (tertiary/aromatic N) is 4. The van der Waals surface area contributed by atoms with Crippen LogP contribution in [0.4, 0.5) is 5.82 Å². The molecule has 0 amide bonds. The van der Waals surface area contributed by atoms with Crippen LogP contribution in [0.1, 0.15) is 33.6 Å². The van der Waals surface area contributed by atoms with Crippen molar-refractivity contribution < 1.29 is 0 Å². The number of aromatic nitrogens is 2. The van der Waals surface area contributed by atoms with E-state index in [1.165, 1.54) is 10.9 Å². The first-order valence-electron chi connectivity index (χ1n) is 9.65. The molecular weight excluding hydrogens is 310 g/mol. The van der Waals surface area contributed by atoms with Crippen molar-refractivity contribution in [1.29, 1.82) is 0 Å². The number of nitrogens with one attached hydrogen (secondary N) is 1. The van der Waals surface area contributed by atoms with Crippen molar-refractivity contribution in [2.75, 3.05) is 45.6 Å². The number of hydrogen-bond donors (Lipinski definition) is 1. The highest BCUT2D eigenvalue weighted by molar-refractivity contribution is 5.90. The molecule has 1 N–H and O–H groups in total. The minimum Gasteiger partial charge on any atom is -0.368 e. The topological polar surface area (TPSA) is 36.3 Å². The highest BCUT2D eigenvalue weighted by atomic mass is 15.3. The fourth-order valence-corrected chi connectivity index (χ4v) is 3.05. The van der Waals surface area contributed by atoms with E-state index in [1.54, 1.807) is 0 Å². The molecule has 140 valence electrons. The first-order chi connectivity index (χ1) is 12.1. The monoisotopic (exact) mass is 345 g/mol. The molecule has 0 saturated carbocycles. The molecule has 0 fully saturated rings. The molecule has 0 bridgehead atoms. The van der Waals surface area contributed by atoms with Gasteiger partial charge in [-0.3, -0.25) is 4.68 Å². The summed E-state index contributed by atoms with van der Waals surface area (Å²) < 4.78 is 2.15. The lowest BCUT2D eigenvalue weighted by Gasteiger charge is -2.19. The Balaban J connectivity index is 2.00. The van der Waals surface area contributed by atoms with Crippen molar-refractivity contribution in [2.24, 2.45) is 0 Å². The third-order valence-corrected chi connectivity index (χ3v) is 5.14. The normalized spacial score (nSPS) is 13.1. The van der Waals surface area contributed by atoms with Gasteiger partial charge in [0.1, 0.15) is 0 Å². The molecule has 1 heterocycles. The lowest BCUT2D eigenvalue weighted by Crippen LogP contribution is -2.26. The van der Waals surface area contributed by atoms with Gasteiger partial charge in [-0.15, -0.1) is 0 Å². The largest absolute Gasteiger partial charge is 0.368 e. The van der Waals surface area contributed by atoms with Crippen LogP contribution in [0.2, 0.25) is 0 Å². The summed E-state index contributed by atoms with van der Waals surface area (Å²) in [6.45, 7) is 12.0. The molecule has 0 spiro atoms. The number of anilines is 1. The van der Waals surface area contributed by atoms with Crippen LogP contribution in [0.3, 0.4) is 0 Å². The Morgan fingerprint density at radius 3 is 2.56 bits per heavy atom. The molecule has 1 aromatic heterocycles. The van der Waals surface area contributed by atoms with Gasteiger partial charge in [-0.2, -0.15) is 5.10 Å². The van der Waals surface area contributed by atoms with Crippen LogP contribution < -0.4 is 5.32 Å². The summed E-state index contributed by atoms with van der Waals surface area (Å²) in [5.41, 5.74) is 1.22. The minimum absolute atomic E-state index is 0.549. The molecule has 5 nitrogen and oxygen atoms in total. The second kappa shape index (κ2) is 9.78. The van der Waals surface area contributed by atoms with Gasteiger partial charge in [-0.1, -0.05) is 26.0 Å². The summed E-state index contributed by atoms with van der Waals surface area (Å²) in [5, 5.41) is 9.63. The third kappa shape index (κ3) is 5.44. The molecule has 5 heteroatoms. The van der Waals surface area contributed by atoms with E-state index >= 15 is 0 Å². The predicted molar refractivity (Wildman–Crippen MR) is 108 cm³/mol. The number of rotatable bonds is 11. The first-order valence-corrected chi connectivity index (χ1v) is 9.65. The molecular formula is C20H35N5. The molecule has 2 aromatic rings. The quantitative estimate of drug-likeness (QED) is 0.632. The lowest BCUT2D eigenvalue weighted by atomic mass is 10.2. The number of fused-ring (bicyclic) bond motifs is 1. The van der Waals surface area contributed by atoms with Crippen molar-refractivity contribution in [3.05, 3.63) is 24.3 Å². The highest BCUT2D eigenvalue weighted by Gasteiger charge is 2.11. The minimum atomic E-state index is 0.549. The molecule has 2 rings (SSSR count). The summed E-state index contributed by atoms with van der Waals surface area (Å²) in [4.78, 5) is 4.72. The highest BCUT2D eigenvalue weighted by Crippen LogP contribution is 2.23. The smallest absolute Gasteiger partial charge is 0.155 e. The Labute approximate surface area is 153 Å². The summed E-state index contributed by atoms with van der Waals surface area (Å²) >= 11 is 0. The molecule has 0 aliphatic rings. The molecule has 0 aliphatic heterocycles. The molecule has 0 saturated heterocycles. The number of aryl methyl sites for hydroxylation is 1. The zero-order valence-electron chi connectivity index (χ0n) is 16.6. The van der Waals surface area contributed by atoms with Gasteiger partial charge in [-0.05, 0) is 65.6 Å². The Kier molecular flexibility index (Phi) is 7.72. The van der Waals surface area contributed by atoms with Crippen LogP contribution >= 0.6 is 0 Å². The fraction of sp³-hybridized carbons (Fsp3) is 0.650. The molecule has 0 radical (unpaired) electrons. The van der Waals surface area contributed by atoms with Crippen LogP contribution in [-0.4, -0.2) is 65.9 Å². The zero-order chi connectivity index (χ0) is 18.2. The summed E-state index contributed by atoms with van der Waals surface area (Å²) in [6, 6.07) is 9.08. The summed E-state index contributed by atoms with van der Waals surface area (Å²) in [6.07, 6.45) is 2.24. The fourth-order valence-electron chi connectivity index (χ4n) is 3.05. The van der Waals surface area contributed by atoms with Gasteiger partial charge in [0.05, 0.1) is 5.52 Å². The maximum absolute atomic E-state index is 4.85. The van der Waals surface area contributed by atoms with E-state index in [0.29, 0.717) is 6.04 Å². The Hall–Kier alpha value is -1.59. The summed E-state index contributed by atoms with van der Waals surface area (Å²) in [7, 11) is 4.27. The van der Waals surface area contributed by atoms with E-state index in [0.717, 1.165) is 51.4 Å². The van der Waals surface area contributed by atoms with E-state index < -0.39 is 0 Å². The van der Waals surface area contributed by atoms with Crippen molar-refractivity contribution in [1.82, 2.24) is 19.6 Å². The van der Waals surface area contributed by atoms with Gasteiger partial charge < -0.3 is 15.1 Å². The van der Waals surface area contributed by atoms with Crippen molar-refractivity contribution >= 4 is 16.7 Å². The average molecular weight is 346 g/mol. The maximum Gasteiger partial charge on any atom is 0.155 e. The van der Waals surface area contributed by atoms with Crippen LogP contribution in [0.5, 0.6) is 0 Å². The molecule has 0 aliphatic carbocycles. The van der Waals surface area contributed by atoms with E-state index in [9.17, 15) is 0 Å². The van der Waals surface area contributed by atoms with Gasteiger partial charge in [0, 0.05) is 24.5 Å². The summed E-state index contributed by atoms with van der Waals surface area (Å²) in [5.74, 6) is 1.02. The first kappa shape index (κ1) is 19.7.